The van der Waals surface area contributed by atoms with Crippen molar-refractivity contribution >= 4 is 22.8 Å². The summed E-state index contributed by atoms with van der Waals surface area (Å²) in [5.74, 6) is -0.884. The van der Waals surface area contributed by atoms with Gasteiger partial charge in [0, 0.05) is 12.1 Å². The molecule has 0 aromatic carbocycles. The summed E-state index contributed by atoms with van der Waals surface area (Å²) in [6.07, 6.45) is 0. The Morgan fingerprint density at radius 1 is 1.75 bits per heavy atom. The smallest absolute Gasteiger partial charge is 0.390 e. The third-order valence-electron chi connectivity index (χ3n) is 1.09. The van der Waals surface area contributed by atoms with E-state index in [-0.39, 0.29) is 5.82 Å². The molecular formula is C4H3ClN4O3. The Labute approximate surface area is 71.1 Å². The molecule has 1 heterocycles. The van der Waals surface area contributed by atoms with Gasteiger partial charge in [0.1, 0.15) is 0 Å². The summed E-state index contributed by atoms with van der Waals surface area (Å²) in [6.45, 7) is 0. The van der Waals surface area contributed by atoms with Crippen molar-refractivity contribution in [1.29, 1.82) is 0 Å². The molecule has 1 aromatic rings. The number of aryl methyl sites for hydroxylation is 1. The second kappa shape index (κ2) is 2.86. The topological polar surface area (TPSA) is 90.9 Å². The van der Waals surface area contributed by atoms with Crippen molar-refractivity contribution < 1.29 is 9.72 Å². The van der Waals surface area contributed by atoms with Gasteiger partial charge in [-0.1, -0.05) is 0 Å². The van der Waals surface area contributed by atoms with E-state index in [2.05, 4.69) is 10.1 Å². The zero-order valence-corrected chi connectivity index (χ0v) is 6.65. The minimum absolute atomic E-state index is 0.247. The fraction of sp³-hybridized carbons (Fsp3) is 0.250. The summed E-state index contributed by atoms with van der Waals surface area (Å²) in [6, 6.07) is 0. The first-order chi connectivity index (χ1) is 5.52. The van der Waals surface area contributed by atoms with Gasteiger partial charge in [-0.25, -0.2) is 0 Å². The molecule has 64 valence electrons. The van der Waals surface area contributed by atoms with E-state index in [9.17, 15) is 14.9 Å². The number of hydrogen-bond acceptors (Lipinski definition) is 5. The van der Waals surface area contributed by atoms with E-state index in [1.807, 2.05) is 0 Å². The first kappa shape index (κ1) is 8.60. The Bertz CT molecular complexity index is 346. The van der Waals surface area contributed by atoms with Crippen LogP contribution in [0.15, 0.2) is 0 Å². The summed E-state index contributed by atoms with van der Waals surface area (Å²) in [7, 11) is 1.34. The third-order valence-corrected chi connectivity index (χ3v) is 1.26. The van der Waals surface area contributed by atoms with Crippen molar-refractivity contribution in [3.63, 3.8) is 0 Å². The monoisotopic (exact) mass is 190 g/mol. The molecule has 1 rings (SSSR count). The Hall–Kier alpha value is -1.50. The molecule has 0 bridgehead atoms. The number of nitrogens with zero attached hydrogens (tertiary/aromatic N) is 4. The molecule has 0 aliphatic rings. The highest BCUT2D eigenvalue weighted by Gasteiger charge is 2.23. The quantitative estimate of drug-likeness (QED) is 0.375. The van der Waals surface area contributed by atoms with Crippen LogP contribution in [0.2, 0.25) is 0 Å². The fourth-order valence-electron chi connectivity index (χ4n) is 0.619. The summed E-state index contributed by atoms with van der Waals surface area (Å²) in [4.78, 5) is 23.1. The van der Waals surface area contributed by atoms with Gasteiger partial charge in [0.05, 0.1) is 0 Å². The maximum Gasteiger partial charge on any atom is 0.491 e. The molecule has 0 radical (unpaired) electrons. The van der Waals surface area contributed by atoms with Crippen LogP contribution in [0.4, 0.5) is 5.95 Å². The van der Waals surface area contributed by atoms with Crippen LogP contribution in [0, 0.1) is 10.1 Å². The normalized spacial score (nSPS) is 9.83. The van der Waals surface area contributed by atoms with Crippen molar-refractivity contribution in [3.8, 4) is 0 Å². The lowest BCUT2D eigenvalue weighted by Gasteiger charge is -1.81. The molecule has 1 aromatic heterocycles. The van der Waals surface area contributed by atoms with Crippen molar-refractivity contribution in [3.05, 3.63) is 15.9 Å². The van der Waals surface area contributed by atoms with Gasteiger partial charge in [-0.15, -0.1) is 0 Å². The molecule has 0 unspecified atom stereocenters. The van der Waals surface area contributed by atoms with Gasteiger partial charge in [0.2, 0.25) is 0 Å². The van der Waals surface area contributed by atoms with Crippen LogP contribution >= 0.6 is 11.6 Å². The molecule has 7 nitrogen and oxygen atoms in total. The van der Waals surface area contributed by atoms with Crippen molar-refractivity contribution in [2.45, 2.75) is 0 Å². The van der Waals surface area contributed by atoms with E-state index in [0.717, 1.165) is 4.68 Å². The Morgan fingerprint density at radius 2 is 2.33 bits per heavy atom. The predicted molar refractivity (Wildman–Crippen MR) is 37.8 cm³/mol. The number of rotatable bonds is 2. The molecule has 0 spiro atoms. The van der Waals surface area contributed by atoms with E-state index >= 15 is 0 Å². The highest BCUT2D eigenvalue weighted by Crippen LogP contribution is 2.06. The summed E-state index contributed by atoms with van der Waals surface area (Å²) < 4.78 is 0.952. The standard InChI is InChI=1S/C4H3ClN4O3/c1-8-3(2(5)10)6-4(7-8)9(11)12/h1H3. The number of nitro groups is 1. The minimum atomic E-state index is -0.877. The lowest BCUT2D eigenvalue weighted by molar-refractivity contribution is -0.394. The number of hydrogen-bond donors (Lipinski definition) is 0. The average molecular weight is 191 g/mol. The van der Waals surface area contributed by atoms with E-state index in [0.29, 0.717) is 0 Å². The van der Waals surface area contributed by atoms with Gasteiger partial charge in [-0.05, 0) is 21.5 Å². The number of aromatic nitrogens is 3. The van der Waals surface area contributed by atoms with Gasteiger partial charge in [0.15, 0.2) is 0 Å². The molecule has 0 aliphatic carbocycles. The number of halogens is 1. The van der Waals surface area contributed by atoms with Crippen LogP contribution in [-0.2, 0) is 7.05 Å². The third kappa shape index (κ3) is 1.40. The van der Waals surface area contributed by atoms with Gasteiger partial charge in [0.25, 0.3) is 0 Å². The molecule has 0 saturated heterocycles. The largest absolute Gasteiger partial charge is 0.491 e. The molecule has 0 aliphatic heterocycles. The molecule has 0 N–H and O–H groups in total. The second-order valence-electron chi connectivity index (χ2n) is 1.89. The highest BCUT2D eigenvalue weighted by molar-refractivity contribution is 6.67. The molecule has 8 heteroatoms. The minimum Gasteiger partial charge on any atom is -0.390 e. The highest BCUT2D eigenvalue weighted by atomic mass is 35.5. The van der Waals surface area contributed by atoms with Gasteiger partial charge >= 0.3 is 17.0 Å². The van der Waals surface area contributed by atoms with Gasteiger partial charge < -0.3 is 10.1 Å². The van der Waals surface area contributed by atoms with E-state index < -0.39 is 16.1 Å². The maximum absolute atomic E-state index is 10.5. The fourth-order valence-corrected chi connectivity index (χ4v) is 0.784. The van der Waals surface area contributed by atoms with Crippen LogP contribution in [0.5, 0.6) is 0 Å². The van der Waals surface area contributed by atoms with E-state index in [4.69, 9.17) is 11.6 Å². The number of carbonyl (C=O) groups excluding carboxylic acids is 1. The van der Waals surface area contributed by atoms with Crippen LogP contribution in [0.25, 0.3) is 0 Å². The zero-order valence-electron chi connectivity index (χ0n) is 5.89. The summed E-state index contributed by atoms with van der Waals surface area (Å²) >= 11 is 5.04. The van der Waals surface area contributed by atoms with Crippen molar-refractivity contribution in [2.75, 3.05) is 0 Å². The molecule has 0 saturated carbocycles. The first-order valence-electron chi connectivity index (χ1n) is 2.77. The van der Waals surface area contributed by atoms with E-state index in [1.165, 1.54) is 7.05 Å². The van der Waals surface area contributed by atoms with Crippen molar-refractivity contribution in [1.82, 2.24) is 14.8 Å². The Morgan fingerprint density at radius 3 is 2.58 bits per heavy atom. The Balaban J connectivity index is 3.17. The van der Waals surface area contributed by atoms with Crippen LogP contribution in [0.3, 0.4) is 0 Å². The lowest BCUT2D eigenvalue weighted by Crippen LogP contribution is -2.01. The zero-order chi connectivity index (χ0) is 9.30. The molecule has 0 fully saturated rings. The van der Waals surface area contributed by atoms with Crippen LogP contribution < -0.4 is 0 Å². The second-order valence-corrected chi connectivity index (χ2v) is 2.23. The van der Waals surface area contributed by atoms with Crippen LogP contribution in [-0.4, -0.2) is 24.9 Å². The van der Waals surface area contributed by atoms with E-state index in [1.54, 1.807) is 0 Å². The molecule has 12 heavy (non-hydrogen) atoms. The SMILES string of the molecule is Cn1nc([N+](=O)[O-])nc1C(=O)Cl. The average Bonchev–Trinajstić information content (AvgIpc) is 2.30. The molecule has 0 atom stereocenters. The molecule has 0 amide bonds. The van der Waals surface area contributed by atoms with Gasteiger partial charge in [-0.3, -0.25) is 4.79 Å². The first-order valence-corrected chi connectivity index (χ1v) is 3.15. The van der Waals surface area contributed by atoms with Crippen molar-refractivity contribution in [2.24, 2.45) is 7.05 Å². The Kier molecular flexibility index (Phi) is 2.05. The summed E-state index contributed by atoms with van der Waals surface area (Å²) in [5.41, 5.74) is 0. The van der Waals surface area contributed by atoms with Gasteiger partial charge in [-0.2, -0.15) is 4.68 Å². The molecular weight excluding hydrogens is 188 g/mol. The maximum atomic E-state index is 10.5. The number of carbonyl (C=O) groups is 1. The lowest BCUT2D eigenvalue weighted by atomic mass is 10.7. The van der Waals surface area contributed by atoms with Crippen LogP contribution in [0.1, 0.15) is 10.6 Å². The summed E-state index contributed by atoms with van der Waals surface area (Å²) in [5, 5.41) is 12.6. The predicted octanol–water partition coefficient (Wildman–Crippen LogP) is 0.102.